The van der Waals surface area contributed by atoms with E-state index in [4.69, 9.17) is 23.4 Å². The Labute approximate surface area is 262 Å². The summed E-state index contributed by atoms with van der Waals surface area (Å²) < 4.78 is 29.6. The summed E-state index contributed by atoms with van der Waals surface area (Å²) in [5, 5.41) is 17.5. The van der Waals surface area contributed by atoms with Gasteiger partial charge < -0.3 is 23.4 Å². The van der Waals surface area contributed by atoms with Gasteiger partial charge in [-0.1, -0.05) is 24.3 Å². The molecule has 0 N–H and O–H groups in total. The summed E-state index contributed by atoms with van der Waals surface area (Å²) in [6.45, 7) is 0.183. The molecule has 224 valence electrons. The molecular weight excluding hydrogens is 648 g/mol. The minimum Gasteiger partial charge on any atom is -0.496 e. The number of furan rings is 1. The molecule has 0 radical (unpaired) electrons. The quantitative estimate of drug-likeness (QED) is 0.0986. The number of hydrogen-bond donors (Lipinski definition) is 0. The molecule has 0 saturated carbocycles. The number of para-hydroxylation sites is 1. The number of nitro groups is 1. The third-order valence-corrected chi connectivity index (χ3v) is 7.69. The normalized spacial score (nSPS) is 12.3. The van der Waals surface area contributed by atoms with Crippen LogP contribution in [0.2, 0.25) is 0 Å². The molecule has 0 fully saturated rings. The van der Waals surface area contributed by atoms with Gasteiger partial charge in [0.15, 0.2) is 17.3 Å². The van der Waals surface area contributed by atoms with Gasteiger partial charge in [0.05, 0.1) is 39.0 Å². The van der Waals surface area contributed by atoms with Crippen LogP contribution in [-0.2, 0) is 6.61 Å². The predicted molar refractivity (Wildman–Crippen MR) is 168 cm³/mol. The van der Waals surface area contributed by atoms with Crippen molar-refractivity contribution in [3.05, 3.63) is 115 Å². The molecule has 0 atom stereocenters. The van der Waals surface area contributed by atoms with Crippen molar-refractivity contribution in [3.63, 3.8) is 0 Å². The number of benzene rings is 4. The Bertz CT molecular complexity index is 2230. The Morgan fingerprint density at radius 1 is 1.04 bits per heavy atom. The first-order valence-electron chi connectivity index (χ1n) is 13.5. The van der Waals surface area contributed by atoms with Crippen molar-refractivity contribution in [2.75, 3.05) is 13.9 Å². The molecule has 0 unspecified atom stereocenters. The van der Waals surface area contributed by atoms with Gasteiger partial charge in [0, 0.05) is 11.6 Å². The Kier molecular flexibility index (Phi) is 7.14. The highest BCUT2D eigenvalue weighted by Gasteiger charge is 2.22. The number of ether oxygens (including phenoxy) is 4. The number of nitro benzene ring substituents is 1. The monoisotopic (exact) mass is 668 g/mol. The highest BCUT2D eigenvalue weighted by Crippen LogP contribution is 2.38. The maximum atomic E-state index is 13.7. The summed E-state index contributed by atoms with van der Waals surface area (Å²) in [6, 6.07) is 22.2. The first-order chi connectivity index (χ1) is 21.9. The highest BCUT2D eigenvalue weighted by molar-refractivity contribution is 9.10. The maximum absolute atomic E-state index is 13.7. The summed E-state index contributed by atoms with van der Waals surface area (Å²) in [7, 11) is 1.56. The molecule has 0 bridgehead atoms. The zero-order chi connectivity index (χ0) is 31.1. The fraction of sp³-hybridized carbons (Fsp3) is 0.0938. The number of rotatable bonds is 8. The topological polar surface area (TPSA) is 140 Å². The average molecular weight is 669 g/mol. The van der Waals surface area contributed by atoms with Gasteiger partial charge in [-0.3, -0.25) is 14.9 Å². The van der Waals surface area contributed by atoms with Crippen LogP contribution in [0.25, 0.3) is 33.5 Å². The van der Waals surface area contributed by atoms with Crippen LogP contribution < -0.4 is 24.5 Å². The van der Waals surface area contributed by atoms with Crippen LogP contribution in [0.5, 0.6) is 23.0 Å². The molecule has 6 aromatic rings. The summed E-state index contributed by atoms with van der Waals surface area (Å²) in [4.78, 5) is 29.9. The van der Waals surface area contributed by atoms with Gasteiger partial charge in [-0.25, -0.2) is 4.98 Å². The molecule has 0 amide bonds. The van der Waals surface area contributed by atoms with E-state index in [0.29, 0.717) is 49.2 Å². The molecule has 1 aliphatic rings. The van der Waals surface area contributed by atoms with E-state index in [1.54, 1.807) is 79.9 Å². The molecular formula is C32H21BrN4O8. The highest BCUT2D eigenvalue weighted by atomic mass is 79.9. The second-order valence-electron chi connectivity index (χ2n) is 9.88. The molecule has 3 heterocycles. The van der Waals surface area contributed by atoms with Gasteiger partial charge >= 0.3 is 5.69 Å². The Morgan fingerprint density at radius 3 is 2.73 bits per heavy atom. The van der Waals surface area contributed by atoms with Gasteiger partial charge in [-0.15, -0.1) is 0 Å². The van der Waals surface area contributed by atoms with E-state index >= 15 is 0 Å². The van der Waals surface area contributed by atoms with Gasteiger partial charge in [0.1, 0.15) is 17.9 Å². The molecule has 13 heteroatoms. The lowest BCUT2D eigenvalue weighted by Gasteiger charge is -2.10. The van der Waals surface area contributed by atoms with E-state index in [0.717, 1.165) is 10.2 Å². The van der Waals surface area contributed by atoms with Crippen molar-refractivity contribution in [1.82, 2.24) is 9.66 Å². The zero-order valence-corrected chi connectivity index (χ0v) is 25.0. The summed E-state index contributed by atoms with van der Waals surface area (Å²) in [6.07, 6.45) is 1.34. The minimum absolute atomic E-state index is 0.0382. The molecule has 2 aromatic heterocycles. The number of fused-ring (bicyclic) bond motifs is 3. The Morgan fingerprint density at radius 2 is 1.89 bits per heavy atom. The lowest BCUT2D eigenvalue weighted by molar-refractivity contribution is -0.386. The third kappa shape index (κ3) is 5.23. The number of nitrogens with zero attached hydrogens (tertiary/aromatic N) is 4. The molecule has 4 aromatic carbocycles. The number of halogens is 1. The van der Waals surface area contributed by atoms with Crippen LogP contribution >= 0.6 is 15.9 Å². The van der Waals surface area contributed by atoms with E-state index in [2.05, 4.69) is 26.0 Å². The van der Waals surface area contributed by atoms with Crippen molar-refractivity contribution in [1.29, 1.82) is 0 Å². The predicted octanol–water partition coefficient (Wildman–Crippen LogP) is 6.68. The molecule has 12 nitrogen and oxygen atoms in total. The molecule has 7 rings (SSSR count). The second kappa shape index (κ2) is 11.4. The van der Waals surface area contributed by atoms with Crippen molar-refractivity contribution in [2.45, 2.75) is 6.61 Å². The summed E-state index contributed by atoms with van der Waals surface area (Å²) >= 11 is 3.40. The Hall–Kier alpha value is -5.69. The van der Waals surface area contributed by atoms with Gasteiger partial charge in [-0.2, -0.15) is 9.78 Å². The minimum atomic E-state index is -0.548. The first-order valence-corrected chi connectivity index (χ1v) is 14.3. The standard InChI is InChI=1S/C32H21BrN4O8/c1-41-25-7-4-8-26-21(25)14-29(45-26)31-35-23-6-3-2-5-20(23)32(38)36(31)34-15-19-11-22(33)30(24(12-19)37(39)40)42-16-18-9-10-27-28(13-18)44-17-43-27/h2-15H,16-17H2,1H3. The Balaban J connectivity index is 1.27. The van der Waals surface area contributed by atoms with E-state index in [-0.39, 0.29) is 36.4 Å². The number of hydrogen-bond acceptors (Lipinski definition) is 10. The number of aromatic nitrogens is 2. The van der Waals surface area contributed by atoms with Crippen LogP contribution in [-0.4, -0.2) is 34.7 Å². The summed E-state index contributed by atoms with van der Waals surface area (Å²) in [5.74, 6) is 2.27. The van der Waals surface area contributed by atoms with Gasteiger partial charge in [0.2, 0.25) is 18.4 Å². The average Bonchev–Trinajstić information content (AvgIpc) is 3.70. The van der Waals surface area contributed by atoms with Gasteiger partial charge in [0.25, 0.3) is 5.56 Å². The SMILES string of the molecule is COc1cccc2oc(-c3nc4ccccc4c(=O)n3N=Cc3cc(Br)c(OCc4ccc5c(c4)OCO5)c([N+](=O)[O-])c3)cc12. The van der Waals surface area contributed by atoms with E-state index in [9.17, 15) is 14.9 Å². The first kappa shape index (κ1) is 28.1. The fourth-order valence-corrected chi connectivity index (χ4v) is 5.56. The van der Waals surface area contributed by atoms with Crippen LogP contribution in [0.4, 0.5) is 5.69 Å². The summed E-state index contributed by atoms with van der Waals surface area (Å²) in [5.41, 5.74) is 1.33. The zero-order valence-electron chi connectivity index (χ0n) is 23.4. The van der Waals surface area contributed by atoms with Crippen molar-refractivity contribution in [3.8, 4) is 34.6 Å². The molecule has 0 spiro atoms. The van der Waals surface area contributed by atoms with Crippen molar-refractivity contribution in [2.24, 2.45) is 5.10 Å². The third-order valence-electron chi connectivity index (χ3n) is 7.10. The lowest BCUT2D eigenvalue weighted by Crippen LogP contribution is -2.20. The van der Waals surface area contributed by atoms with Crippen LogP contribution in [0.3, 0.4) is 0 Å². The van der Waals surface area contributed by atoms with E-state index in [1.165, 1.54) is 12.3 Å². The lowest BCUT2D eigenvalue weighted by atomic mass is 10.2. The van der Waals surface area contributed by atoms with Crippen LogP contribution in [0.15, 0.2) is 97.6 Å². The smallest absolute Gasteiger partial charge is 0.312 e. The fourth-order valence-electron chi connectivity index (χ4n) is 4.98. The maximum Gasteiger partial charge on any atom is 0.312 e. The van der Waals surface area contributed by atoms with E-state index in [1.807, 2.05) is 0 Å². The molecule has 0 saturated heterocycles. The van der Waals surface area contributed by atoms with Gasteiger partial charge in [-0.05, 0) is 70.0 Å². The molecule has 45 heavy (non-hydrogen) atoms. The van der Waals surface area contributed by atoms with Crippen molar-refractivity contribution < 1.29 is 28.3 Å². The van der Waals surface area contributed by atoms with Crippen LogP contribution in [0.1, 0.15) is 11.1 Å². The van der Waals surface area contributed by atoms with Crippen molar-refractivity contribution >= 4 is 49.7 Å². The largest absolute Gasteiger partial charge is 0.496 e. The number of methoxy groups -OCH3 is 1. The van der Waals surface area contributed by atoms with E-state index < -0.39 is 10.5 Å². The molecule has 1 aliphatic heterocycles. The van der Waals surface area contributed by atoms with Crippen LogP contribution in [0, 0.1) is 10.1 Å². The second-order valence-corrected chi connectivity index (χ2v) is 10.7. The molecule has 0 aliphatic carbocycles.